The Balaban J connectivity index is 1.70. The van der Waals surface area contributed by atoms with E-state index in [9.17, 15) is 9.59 Å². The fourth-order valence-electron chi connectivity index (χ4n) is 6.57. The molecule has 0 unspecified atom stereocenters. The lowest BCUT2D eigenvalue weighted by Gasteiger charge is -2.57. The molecule has 3 saturated carbocycles. The number of allylic oxidation sites excluding steroid dienone is 1. The first-order valence-electron chi connectivity index (χ1n) is 9.21. The minimum absolute atomic E-state index is 0.0656. The zero-order valence-electron chi connectivity index (χ0n) is 14.6. The molecule has 126 valence electrons. The van der Waals surface area contributed by atoms with Crippen molar-refractivity contribution in [2.45, 2.75) is 64.9 Å². The SMILES string of the molecule is CO[C@@H]1C[C@@]2(C)C(=CC1=O)CC[C@@H]1[C@@H]2CC[C@]2(C)C(=O)CC[C@@H]12. The van der Waals surface area contributed by atoms with Crippen LogP contribution in [0.4, 0.5) is 0 Å². The third-order valence-corrected chi connectivity index (χ3v) is 7.97. The van der Waals surface area contributed by atoms with Gasteiger partial charge in [-0.2, -0.15) is 0 Å². The number of hydrogen-bond donors (Lipinski definition) is 0. The first kappa shape index (κ1) is 15.6. The van der Waals surface area contributed by atoms with Crippen LogP contribution >= 0.6 is 0 Å². The summed E-state index contributed by atoms with van der Waals surface area (Å²) in [6, 6.07) is 0. The molecule has 0 spiro atoms. The zero-order valence-corrected chi connectivity index (χ0v) is 14.6. The van der Waals surface area contributed by atoms with E-state index in [1.165, 1.54) is 5.57 Å². The second-order valence-corrected chi connectivity index (χ2v) is 8.75. The summed E-state index contributed by atoms with van der Waals surface area (Å²) in [4.78, 5) is 24.6. The van der Waals surface area contributed by atoms with Gasteiger partial charge in [0.15, 0.2) is 5.78 Å². The van der Waals surface area contributed by atoms with Crippen molar-refractivity contribution >= 4 is 11.6 Å². The second kappa shape index (κ2) is 5.02. The van der Waals surface area contributed by atoms with E-state index in [0.717, 1.165) is 44.9 Å². The Morgan fingerprint density at radius 3 is 2.52 bits per heavy atom. The first-order valence-corrected chi connectivity index (χ1v) is 9.21. The average molecular weight is 316 g/mol. The molecule has 23 heavy (non-hydrogen) atoms. The van der Waals surface area contributed by atoms with E-state index < -0.39 is 0 Å². The number of hydrogen-bond acceptors (Lipinski definition) is 3. The molecule has 3 nitrogen and oxygen atoms in total. The fourth-order valence-corrected chi connectivity index (χ4v) is 6.57. The Kier molecular flexibility index (Phi) is 3.39. The van der Waals surface area contributed by atoms with E-state index in [4.69, 9.17) is 4.74 Å². The van der Waals surface area contributed by atoms with Gasteiger partial charge >= 0.3 is 0 Å². The molecule has 0 heterocycles. The number of fused-ring (bicyclic) bond motifs is 5. The highest BCUT2D eigenvalue weighted by Gasteiger charge is 2.59. The largest absolute Gasteiger partial charge is 0.373 e. The van der Waals surface area contributed by atoms with Crippen LogP contribution in [-0.2, 0) is 14.3 Å². The summed E-state index contributed by atoms with van der Waals surface area (Å²) in [6.45, 7) is 4.58. The van der Waals surface area contributed by atoms with Gasteiger partial charge in [0, 0.05) is 18.9 Å². The van der Waals surface area contributed by atoms with Gasteiger partial charge in [-0.25, -0.2) is 0 Å². The maximum atomic E-state index is 12.4. The molecule has 0 aromatic heterocycles. The van der Waals surface area contributed by atoms with Gasteiger partial charge in [-0.1, -0.05) is 19.4 Å². The Labute approximate surface area is 138 Å². The first-order chi connectivity index (χ1) is 10.9. The molecule has 3 fully saturated rings. The fraction of sp³-hybridized carbons (Fsp3) is 0.800. The molecule has 0 aromatic carbocycles. The van der Waals surface area contributed by atoms with Gasteiger partial charge in [0.25, 0.3) is 0 Å². The Bertz CT molecular complexity index is 592. The highest BCUT2D eigenvalue weighted by atomic mass is 16.5. The van der Waals surface area contributed by atoms with Crippen molar-refractivity contribution in [3.63, 3.8) is 0 Å². The molecule has 0 saturated heterocycles. The van der Waals surface area contributed by atoms with Crippen LogP contribution in [0.5, 0.6) is 0 Å². The maximum Gasteiger partial charge on any atom is 0.184 e. The van der Waals surface area contributed by atoms with Gasteiger partial charge in [-0.05, 0) is 67.8 Å². The molecule has 0 aliphatic heterocycles. The lowest BCUT2D eigenvalue weighted by molar-refractivity contribution is -0.135. The normalized spacial score (nSPS) is 49.3. The molecule has 0 radical (unpaired) electrons. The number of rotatable bonds is 1. The predicted molar refractivity (Wildman–Crippen MR) is 87.9 cm³/mol. The van der Waals surface area contributed by atoms with Gasteiger partial charge in [-0.15, -0.1) is 0 Å². The summed E-state index contributed by atoms with van der Waals surface area (Å²) in [6.07, 6.45) is 8.65. The number of carbonyl (C=O) groups excluding carboxylic acids is 2. The quantitative estimate of drug-likeness (QED) is 0.740. The van der Waals surface area contributed by atoms with Crippen molar-refractivity contribution in [1.29, 1.82) is 0 Å². The van der Waals surface area contributed by atoms with E-state index in [0.29, 0.717) is 23.5 Å². The number of Topliss-reactive ketones (excluding diaryl/α,β-unsaturated/α-hetero) is 1. The third kappa shape index (κ3) is 1.98. The van der Waals surface area contributed by atoms with Crippen LogP contribution in [0, 0.1) is 28.6 Å². The van der Waals surface area contributed by atoms with Crippen molar-refractivity contribution in [2.75, 3.05) is 7.11 Å². The number of methoxy groups -OCH3 is 1. The van der Waals surface area contributed by atoms with Crippen LogP contribution in [-0.4, -0.2) is 24.8 Å². The summed E-state index contributed by atoms with van der Waals surface area (Å²) in [5, 5.41) is 0. The summed E-state index contributed by atoms with van der Waals surface area (Å²) in [5.41, 5.74) is 1.37. The van der Waals surface area contributed by atoms with Gasteiger partial charge in [0.2, 0.25) is 0 Å². The van der Waals surface area contributed by atoms with Gasteiger partial charge in [0.05, 0.1) is 0 Å². The van der Waals surface area contributed by atoms with E-state index in [1.54, 1.807) is 7.11 Å². The van der Waals surface area contributed by atoms with Crippen LogP contribution in [0.15, 0.2) is 11.6 Å². The molecule has 0 bridgehead atoms. The van der Waals surface area contributed by atoms with E-state index in [1.807, 2.05) is 6.08 Å². The lowest BCUT2D eigenvalue weighted by Crippen LogP contribution is -2.52. The summed E-state index contributed by atoms with van der Waals surface area (Å²) in [7, 11) is 1.65. The zero-order chi connectivity index (χ0) is 16.4. The minimum Gasteiger partial charge on any atom is -0.373 e. The van der Waals surface area contributed by atoms with Gasteiger partial charge < -0.3 is 4.74 Å². The summed E-state index contributed by atoms with van der Waals surface area (Å²) < 4.78 is 5.47. The monoisotopic (exact) mass is 316 g/mol. The maximum absolute atomic E-state index is 12.4. The summed E-state index contributed by atoms with van der Waals surface area (Å²) >= 11 is 0. The van der Waals surface area contributed by atoms with E-state index in [-0.39, 0.29) is 22.7 Å². The lowest BCUT2D eigenvalue weighted by atomic mass is 9.47. The highest BCUT2D eigenvalue weighted by molar-refractivity contribution is 5.95. The standard InChI is InChI=1S/C20H28O3/c1-19-9-8-15-13(14(19)6-7-18(19)22)5-4-12-10-16(21)17(23-3)11-20(12,15)2/h10,13-15,17H,4-9,11H2,1-3H3/t13-,14-,15-,17+,19-,20-/m0/s1. The second-order valence-electron chi connectivity index (χ2n) is 8.75. The van der Waals surface area contributed by atoms with Crippen molar-refractivity contribution in [3.8, 4) is 0 Å². The Hall–Kier alpha value is -0.960. The highest BCUT2D eigenvalue weighted by Crippen LogP contribution is 2.64. The van der Waals surface area contributed by atoms with Crippen molar-refractivity contribution in [2.24, 2.45) is 28.6 Å². The average Bonchev–Trinajstić information content (AvgIpc) is 2.83. The third-order valence-electron chi connectivity index (χ3n) is 7.97. The molecule has 0 amide bonds. The van der Waals surface area contributed by atoms with E-state index in [2.05, 4.69) is 13.8 Å². The van der Waals surface area contributed by atoms with Crippen molar-refractivity contribution in [1.82, 2.24) is 0 Å². The molecular formula is C20H28O3. The molecule has 4 rings (SSSR count). The molecular weight excluding hydrogens is 288 g/mol. The molecule has 0 aromatic rings. The molecule has 6 atom stereocenters. The van der Waals surface area contributed by atoms with Crippen LogP contribution in [0.25, 0.3) is 0 Å². The molecule has 3 heteroatoms. The summed E-state index contributed by atoms with van der Waals surface area (Å²) in [5.74, 6) is 2.46. The Morgan fingerprint density at radius 1 is 1.04 bits per heavy atom. The van der Waals surface area contributed by atoms with Crippen molar-refractivity contribution in [3.05, 3.63) is 11.6 Å². The van der Waals surface area contributed by atoms with Crippen molar-refractivity contribution < 1.29 is 14.3 Å². The number of ketones is 2. The van der Waals surface area contributed by atoms with Crippen LogP contribution in [0.3, 0.4) is 0 Å². The van der Waals surface area contributed by atoms with Gasteiger partial charge in [0.1, 0.15) is 11.9 Å². The van der Waals surface area contributed by atoms with Crippen LogP contribution in [0.1, 0.15) is 58.8 Å². The topological polar surface area (TPSA) is 43.4 Å². The minimum atomic E-state index is -0.277. The smallest absolute Gasteiger partial charge is 0.184 e. The number of ether oxygens (including phenoxy) is 1. The van der Waals surface area contributed by atoms with Crippen LogP contribution < -0.4 is 0 Å². The van der Waals surface area contributed by atoms with Crippen LogP contribution in [0.2, 0.25) is 0 Å². The molecule has 4 aliphatic rings. The van der Waals surface area contributed by atoms with Gasteiger partial charge in [-0.3, -0.25) is 9.59 Å². The predicted octanol–water partition coefficient (Wildman–Crippen LogP) is 3.71. The Morgan fingerprint density at radius 2 is 1.78 bits per heavy atom. The number of carbonyl (C=O) groups is 2. The molecule has 0 N–H and O–H groups in total. The van der Waals surface area contributed by atoms with E-state index >= 15 is 0 Å². The molecule has 4 aliphatic carbocycles.